The van der Waals surface area contributed by atoms with Crippen molar-refractivity contribution in [2.45, 2.75) is 13.1 Å². The molecule has 0 saturated carbocycles. The topological polar surface area (TPSA) is 20.2 Å². The summed E-state index contributed by atoms with van der Waals surface area (Å²) in [5.41, 5.74) is 2.34. The van der Waals surface area contributed by atoms with Crippen LogP contribution in [0, 0.1) is 0 Å². The molecule has 3 aromatic rings. The highest BCUT2D eigenvalue weighted by molar-refractivity contribution is 5.87. The van der Waals surface area contributed by atoms with E-state index in [2.05, 4.69) is 50.5 Å². The number of quaternary nitrogens is 1. The van der Waals surface area contributed by atoms with E-state index in [4.69, 9.17) is 0 Å². The number of hydrogen-bond donors (Lipinski definition) is 1. The summed E-state index contributed by atoms with van der Waals surface area (Å²) < 4.78 is 0.797. The molecule has 0 aromatic heterocycles. The maximum Gasteiger partial charge on any atom is 0.125 e. The van der Waals surface area contributed by atoms with Gasteiger partial charge in [0.05, 0.1) is 19.7 Å². The molecule has 0 aliphatic rings. The Labute approximate surface area is 131 Å². The van der Waals surface area contributed by atoms with Crippen LogP contribution in [0.1, 0.15) is 11.1 Å². The molecule has 1 N–H and O–H groups in total. The molecule has 2 heteroatoms. The lowest BCUT2D eigenvalue weighted by Crippen LogP contribution is -2.37. The smallest absolute Gasteiger partial charge is 0.125 e. The lowest BCUT2D eigenvalue weighted by molar-refractivity contribution is -0.916. The zero-order valence-corrected chi connectivity index (χ0v) is 13.2. The Balaban J connectivity index is 1.93. The van der Waals surface area contributed by atoms with Gasteiger partial charge in [-0.1, -0.05) is 60.7 Å². The van der Waals surface area contributed by atoms with Gasteiger partial charge in [-0.3, -0.25) is 0 Å². The van der Waals surface area contributed by atoms with Crippen molar-refractivity contribution in [3.8, 4) is 5.75 Å². The molecule has 0 aliphatic heterocycles. The minimum atomic E-state index is 0.387. The number of hydrogen-bond acceptors (Lipinski definition) is 1. The average molecular weight is 292 g/mol. The number of fused-ring (bicyclic) bond motifs is 1. The molecule has 3 aromatic carbocycles. The summed E-state index contributed by atoms with van der Waals surface area (Å²) in [5.74, 6) is 0.387. The van der Waals surface area contributed by atoms with Gasteiger partial charge >= 0.3 is 0 Å². The Hall–Kier alpha value is -2.32. The van der Waals surface area contributed by atoms with Crippen LogP contribution in [0.5, 0.6) is 5.75 Å². The highest BCUT2D eigenvalue weighted by atomic mass is 16.3. The van der Waals surface area contributed by atoms with Crippen molar-refractivity contribution >= 4 is 10.8 Å². The van der Waals surface area contributed by atoms with Crippen LogP contribution in [0.25, 0.3) is 10.8 Å². The SMILES string of the molecule is C[N+](C)(Cc1ccccc1)Cc1c(O)ccc2ccccc12. The second kappa shape index (κ2) is 5.82. The van der Waals surface area contributed by atoms with Gasteiger partial charge in [0.1, 0.15) is 18.8 Å². The van der Waals surface area contributed by atoms with Crippen LogP contribution in [-0.4, -0.2) is 23.7 Å². The molecule has 0 unspecified atom stereocenters. The largest absolute Gasteiger partial charge is 0.507 e. The van der Waals surface area contributed by atoms with E-state index in [1.807, 2.05) is 24.3 Å². The quantitative estimate of drug-likeness (QED) is 0.710. The van der Waals surface area contributed by atoms with E-state index in [0.29, 0.717) is 5.75 Å². The van der Waals surface area contributed by atoms with E-state index >= 15 is 0 Å². The summed E-state index contributed by atoms with van der Waals surface area (Å²) in [6, 6.07) is 22.5. The molecule has 0 radical (unpaired) electrons. The summed E-state index contributed by atoms with van der Waals surface area (Å²) in [5, 5.41) is 12.6. The Kier molecular flexibility index (Phi) is 3.86. The van der Waals surface area contributed by atoms with Gasteiger partial charge in [-0.15, -0.1) is 0 Å². The highest BCUT2D eigenvalue weighted by Gasteiger charge is 2.20. The van der Waals surface area contributed by atoms with Crippen LogP contribution in [0.2, 0.25) is 0 Å². The first-order valence-corrected chi connectivity index (χ1v) is 7.61. The molecule has 0 fully saturated rings. The molecular weight excluding hydrogens is 270 g/mol. The first-order valence-electron chi connectivity index (χ1n) is 7.61. The van der Waals surface area contributed by atoms with Crippen LogP contribution < -0.4 is 0 Å². The van der Waals surface area contributed by atoms with Gasteiger partial charge in [0.15, 0.2) is 0 Å². The zero-order valence-electron chi connectivity index (χ0n) is 13.2. The lowest BCUT2D eigenvalue weighted by Gasteiger charge is -2.30. The number of benzene rings is 3. The Morgan fingerprint density at radius 3 is 2.23 bits per heavy atom. The summed E-state index contributed by atoms with van der Waals surface area (Å²) in [4.78, 5) is 0. The maximum absolute atomic E-state index is 10.3. The third-order valence-corrected chi connectivity index (χ3v) is 4.06. The molecule has 22 heavy (non-hydrogen) atoms. The summed E-state index contributed by atoms with van der Waals surface area (Å²) in [7, 11) is 4.41. The van der Waals surface area contributed by atoms with Gasteiger partial charge in [-0.25, -0.2) is 0 Å². The zero-order chi connectivity index (χ0) is 15.6. The van der Waals surface area contributed by atoms with Crippen molar-refractivity contribution in [1.82, 2.24) is 0 Å². The van der Waals surface area contributed by atoms with E-state index < -0.39 is 0 Å². The minimum absolute atomic E-state index is 0.387. The summed E-state index contributed by atoms with van der Waals surface area (Å²) in [6.45, 7) is 1.73. The fourth-order valence-corrected chi connectivity index (χ4v) is 3.05. The van der Waals surface area contributed by atoms with Crippen molar-refractivity contribution < 1.29 is 9.59 Å². The molecule has 0 amide bonds. The monoisotopic (exact) mass is 292 g/mol. The third-order valence-electron chi connectivity index (χ3n) is 4.06. The molecule has 0 aliphatic carbocycles. The predicted octanol–water partition coefficient (Wildman–Crippen LogP) is 4.32. The van der Waals surface area contributed by atoms with E-state index in [0.717, 1.165) is 28.5 Å². The van der Waals surface area contributed by atoms with Crippen molar-refractivity contribution in [3.05, 3.63) is 77.9 Å². The summed E-state index contributed by atoms with van der Waals surface area (Å²) >= 11 is 0. The van der Waals surface area contributed by atoms with Crippen LogP contribution in [0.4, 0.5) is 0 Å². The molecule has 0 saturated heterocycles. The van der Waals surface area contributed by atoms with Crippen LogP contribution >= 0.6 is 0 Å². The summed E-state index contributed by atoms with van der Waals surface area (Å²) in [6.07, 6.45) is 0. The van der Waals surface area contributed by atoms with E-state index in [-0.39, 0.29) is 0 Å². The Morgan fingerprint density at radius 2 is 1.45 bits per heavy atom. The molecular formula is C20H22NO+. The normalized spacial score (nSPS) is 11.7. The van der Waals surface area contributed by atoms with Crippen molar-refractivity contribution in [1.29, 1.82) is 0 Å². The van der Waals surface area contributed by atoms with Gasteiger partial charge in [-0.05, 0) is 16.8 Å². The molecule has 3 rings (SSSR count). The first kappa shape index (κ1) is 14.6. The molecule has 0 atom stereocenters. The van der Waals surface area contributed by atoms with Crippen molar-refractivity contribution in [2.24, 2.45) is 0 Å². The van der Waals surface area contributed by atoms with Gasteiger partial charge in [-0.2, -0.15) is 0 Å². The number of phenols is 1. The number of nitrogens with zero attached hydrogens (tertiary/aromatic N) is 1. The van der Waals surface area contributed by atoms with Gasteiger partial charge in [0.2, 0.25) is 0 Å². The lowest BCUT2D eigenvalue weighted by atomic mass is 10.0. The number of phenolic OH excluding ortho intramolecular Hbond substituents is 1. The molecule has 0 heterocycles. The van der Waals surface area contributed by atoms with E-state index in [1.54, 1.807) is 6.07 Å². The first-order chi connectivity index (χ1) is 10.6. The maximum atomic E-state index is 10.3. The molecule has 0 bridgehead atoms. The average Bonchev–Trinajstić information content (AvgIpc) is 2.51. The second-order valence-corrected chi connectivity index (χ2v) is 6.52. The van der Waals surface area contributed by atoms with Crippen LogP contribution in [0.3, 0.4) is 0 Å². The molecule has 0 spiro atoms. The predicted molar refractivity (Wildman–Crippen MR) is 91.6 cm³/mol. The Morgan fingerprint density at radius 1 is 0.773 bits per heavy atom. The number of aromatic hydroxyl groups is 1. The van der Waals surface area contributed by atoms with Gasteiger partial charge < -0.3 is 9.59 Å². The van der Waals surface area contributed by atoms with E-state index in [9.17, 15) is 5.11 Å². The van der Waals surface area contributed by atoms with Crippen LogP contribution in [0.15, 0.2) is 66.7 Å². The van der Waals surface area contributed by atoms with Crippen molar-refractivity contribution in [2.75, 3.05) is 14.1 Å². The van der Waals surface area contributed by atoms with Crippen molar-refractivity contribution in [3.63, 3.8) is 0 Å². The fourth-order valence-electron chi connectivity index (χ4n) is 3.05. The fraction of sp³-hybridized carbons (Fsp3) is 0.200. The van der Waals surface area contributed by atoms with Crippen LogP contribution in [-0.2, 0) is 13.1 Å². The van der Waals surface area contributed by atoms with Gasteiger partial charge in [0.25, 0.3) is 0 Å². The molecule has 112 valence electrons. The van der Waals surface area contributed by atoms with Gasteiger partial charge in [0, 0.05) is 5.56 Å². The minimum Gasteiger partial charge on any atom is -0.507 e. The Bertz CT molecular complexity index is 778. The highest BCUT2D eigenvalue weighted by Crippen LogP contribution is 2.30. The standard InChI is InChI=1S/C20H21NO/c1-21(2,14-16-8-4-3-5-9-16)15-19-18-11-7-6-10-17(18)12-13-20(19)22/h3-13H,14-15H2,1-2H3/p+1. The third kappa shape index (κ3) is 3.12. The molecule has 2 nitrogen and oxygen atoms in total. The van der Waals surface area contributed by atoms with E-state index in [1.165, 1.54) is 10.9 Å². The second-order valence-electron chi connectivity index (χ2n) is 6.52. The number of rotatable bonds is 4.